The second-order valence-electron chi connectivity index (χ2n) is 18.6. The highest BCUT2D eigenvalue weighted by Gasteiger charge is 2.64. The second-order valence-corrected chi connectivity index (χ2v) is 20.8. The molecule has 15 heteroatoms. The van der Waals surface area contributed by atoms with Crippen LogP contribution in [0.2, 0.25) is 0 Å². The van der Waals surface area contributed by atoms with Crippen LogP contribution in [0.4, 0.5) is 4.79 Å². The predicted octanol–water partition coefficient (Wildman–Crippen LogP) is 5.72. The zero-order valence-corrected chi connectivity index (χ0v) is 35.1. The third-order valence-corrected chi connectivity index (χ3v) is 16.2. The molecule has 5 atom stereocenters. The van der Waals surface area contributed by atoms with Crippen molar-refractivity contribution in [1.29, 1.82) is 0 Å². The van der Waals surface area contributed by atoms with Crippen LogP contribution in [-0.2, 0) is 30.8 Å². The normalized spacial score (nSPS) is 30.7. The van der Waals surface area contributed by atoms with Crippen LogP contribution in [-0.4, -0.2) is 99.3 Å². The van der Waals surface area contributed by atoms with Crippen LogP contribution in [0.15, 0.2) is 30.4 Å². The Morgan fingerprint density at radius 2 is 1.83 bits per heavy atom. The Kier molecular flexibility index (Phi) is 10.0. The molecule has 4 fully saturated rings. The topological polar surface area (TPSA) is 185 Å². The number of sulfonamides is 1. The maximum absolute atomic E-state index is 15.2. The molecule has 3 aliphatic carbocycles. The summed E-state index contributed by atoms with van der Waals surface area (Å²) in [4.78, 5) is 65.2. The van der Waals surface area contributed by atoms with Crippen molar-refractivity contribution >= 4 is 44.7 Å². The molecule has 4 amide bonds. The van der Waals surface area contributed by atoms with E-state index in [1.165, 1.54) is 9.80 Å². The molecule has 58 heavy (non-hydrogen) atoms. The summed E-state index contributed by atoms with van der Waals surface area (Å²) < 4.78 is 40.5. The number of nitrogens with one attached hydrogen (secondary N) is 2. The van der Waals surface area contributed by atoms with E-state index in [4.69, 9.17) is 14.5 Å². The first kappa shape index (κ1) is 40.4. The van der Waals surface area contributed by atoms with E-state index in [1.54, 1.807) is 14.0 Å². The molecule has 14 nitrogen and oxygen atoms in total. The highest BCUT2D eigenvalue weighted by molar-refractivity contribution is 7.91. The summed E-state index contributed by atoms with van der Waals surface area (Å²) in [5, 5.41) is 14.6. The van der Waals surface area contributed by atoms with Gasteiger partial charge in [0.25, 0.3) is 5.91 Å². The van der Waals surface area contributed by atoms with E-state index in [9.17, 15) is 27.9 Å². The van der Waals surface area contributed by atoms with Gasteiger partial charge in [-0.3, -0.25) is 24.0 Å². The van der Waals surface area contributed by atoms with E-state index in [0.717, 1.165) is 41.4 Å². The van der Waals surface area contributed by atoms with Gasteiger partial charge in [-0.25, -0.2) is 18.2 Å². The SMILES string of the molecule is COc1ccc2nc(C(C)C)c3c(c2c1)CC[C@]1(C[C@H]2C(=O)N[C@]4(C(=O)NS(=O)(=O)C5(C)CC5)C[C@H]4/C=C\CCCCC[C@H](N(C(=O)O)C4(C)CCC4)C(=O)N2C1)O3. The number of rotatable bonds is 7. The van der Waals surface area contributed by atoms with Crippen molar-refractivity contribution in [1.82, 2.24) is 24.8 Å². The highest BCUT2D eigenvalue weighted by Crippen LogP contribution is 2.50. The maximum Gasteiger partial charge on any atom is 0.408 e. The Bertz CT molecular complexity index is 2180. The number of methoxy groups -OCH3 is 1. The number of carboxylic acid groups (broad SMARTS) is 1. The molecule has 2 aromatic rings. The van der Waals surface area contributed by atoms with E-state index >= 15 is 4.79 Å². The smallest absolute Gasteiger partial charge is 0.408 e. The fraction of sp³-hybridized carbons (Fsp3) is 0.651. The maximum atomic E-state index is 15.2. The monoisotopic (exact) mass is 819 g/mol. The van der Waals surface area contributed by atoms with E-state index in [0.29, 0.717) is 69.3 Å². The number of hydrogen-bond acceptors (Lipinski definition) is 9. The average Bonchev–Trinajstić information content (AvgIpc) is 4.06. The Morgan fingerprint density at radius 3 is 2.48 bits per heavy atom. The van der Waals surface area contributed by atoms with Crippen molar-refractivity contribution in [3.8, 4) is 11.5 Å². The number of carbonyl (C=O) groups is 4. The number of nitrogens with zero attached hydrogens (tertiary/aromatic N) is 3. The van der Waals surface area contributed by atoms with E-state index in [2.05, 4.69) is 10.0 Å². The zero-order valence-electron chi connectivity index (χ0n) is 34.3. The van der Waals surface area contributed by atoms with Crippen molar-refractivity contribution in [2.45, 2.75) is 157 Å². The van der Waals surface area contributed by atoms with Crippen molar-refractivity contribution in [3.63, 3.8) is 0 Å². The standard InChI is InChI=1S/C43H57N5O9S/c1-26(2)34-35-29(30-22-28(56-5)14-15-31(30)44-34)16-19-42(57-35)24-33-36(49)45-43(38(51)46-58(54,55)41(4)20-21-41)23-27(43)12-9-7-6-8-10-13-32(37(50)47(33)25-42)48(39(52)53)40(3)17-11-18-40/h9,12,14-15,22,26-27,32-33H,6-8,10-11,13,16-21,23-25H2,1-5H3,(H,45,49)(H,46,51)(H,52,53)/b12-9-/t27-,32+,33+,42-,43-/m1/s1. The molecule has 314 valence electrons. The predicted molar refractivity (Wildman–Crippen MR) is 216 cm³/mol. The second kappa shape index (κ2) is 14.4. The first-order valence-electron chi connectivity index (χ1n) is 21.0. The molecule has 3 N–H and O–H groups in total. The summed E-state index contributed by atoms with van der Waals surface area (Å²) in [7, 11) is -2.40. The molecule has 1 aromatic heterocycles. The molecule has 4 heterocycles. The fourth-order valence-electron chi connectivity index (χ4n) is 9.81. The van der Waals surface area contributed by atoms with Gasteiger partial charge in [-0.1, -0.05) is 38.8 Å². The van der Waals surface area contributed by atoms with E-state index in [1.807, 2.05) is 51.1 Å². The summed E-state index contributed by atoms with van der Waals surface area (Å²) >= 11 is 0. The van der Waals surface area contributed by atoms with Gasteiger partial charge in [-0.15, -0.1) is 0 Å². The third-order valence-electron chi connectivity index (χ3n) is 14.1. The Morgan fingerprint density at radius 1 is 1.07 bits per heavy atom. The number of benzene rings is 1. The molecule has 8 rings (SSSR count). The van der Waals surface area contributed by atoms with Crippen molar-refractivity contribution in [2.75, 3.05) is 13.7 Å². The van der Waals surface area contributed by atoms with Crippen LogP contribution in [0.5, 0.6) is 11.5 Å². The van der Waals surface area contributed by atoms with Gasteiger partial charge in [0.15, 0.2) is 0 Å². The molecular formula is C43H57N5O9S. The molecule has 3 aliphatic heterocycles. The number of fused-ring (bicyclic) bond motifs is 5. The number of aryl methyl sites for hydroxylation is 1. The number of hydrogen-bond donors (Lipinski definition) is 3. The van der Waals surface area contributed by atoms with E-state index in [-0.39, 0.29) is 25.3 Å². The lowest BCUT2D eigenvalue weighted by atomic mass is 9.76. The van der Waals surface area contributed by atoms with Gasteiger partial charge in [-0.05, 0) is 109 Å². The summed E-state index contributed by atoms with van der Waals surface area (Å²) in [6, 6.07) is 3.58. The first-order valence-corrected chi connectivity index (χ1v) is 22.5. The van der Waals surface area contributed by atoms with Crippen molar-refractivity contribution in [3.05, 3.63) is 41.6 Å². The van der Waals surface area contributed by atoms with Gasteiger partial charge in [0, 0.05) is 28.8 Å². The molecule has 6 aliphatic rings. The molecule has 0 unspecified atom stereocenters. The molecule has 1 saturated heterocycles. The van der Waals surface area contributed by atoms with Crippen molar-refractivity contribution < 1.29 is 42.2 Å². The Balaban J connectivity index is 1.19. The zero-order chi connectivity index (χ0) is 41.4. The number of carbonyl (C=O) groups excluding carboxylic acids is 3. The Hall–Kier alpha value is -4.40. The lowest BCUT2D eigenvalue weighted by molar-refractivity contribution is -0.146. The number of allylic oxidation sites excluding steroid dienone is 1. The number of aromatic nitrogens is 1. The summed E-state index contributed by atoms with van der Waals surface area (Å²) in [6.07, 6.45) is 10.1. The number of amides is 4. The molecule has 1 aromatic carbocycles. The highest BCUT2D eigenvalue weighted by atomic mass is 32.2. The van der Waals surface area contributed by atoms with Gasteiger partial charge in [-0.2, -0.15) is 0 Å². The van der Waals surface area contributed by atoms with Crippen LogP contribution in [0.25, 0.3) is 10.9 Å². The van der Waals surface area contributed by atoms with E-state index < -0.39 is 73.3 Å². The molecule has 0 radical (unpaired) electrons. The third kappa shape index (κ3) is 6.88. The minimum Gasteiger partial charge on any atom is -0.497 e. The molecular weight excluding hydrogens is 763 g/mol. The number of ether oxygens (including phenoxy) is 2. The van der Waals surface area contributed by atoms with Crippen LogP contribution < -0.4 is 19.5 Å². The summed E-state index contributed by atoms with van der Waals surface area (Å²) in [5.74, 6) is -1.01. The van der Waals surface area contributed by atoms with Crippen molar-refractivity contribution in [2.24, 2.45) is 5.92 Å². The van der Waals surface area contributed by atoms with Crippen LogP contribution >= 0.6 is 0 Å². The minimum atomic E-state index is -4.01. The quantitative estimate of drug-likeness (QED) is 0.292. The van der Waals surface area contributed by atoms with Crippen LogP contribution in [0.1, 0.15) is 128 Å². The lowest BCUT2D eigenvalue weighted by Gasteiger charge is -2.50. The first-order chi connectivity index (χ1) is 27.5. The fourth-order valence-corrected chi connectivity index (χ4v) is 11.1. The van der Waals surface area contributed by atoms with Gasteiger partial charge < -0.3 is 24.8 Å². The van der Waals surface area contributed by atoms with Gasteiger partial charge in [0.2, 0.25) is 21.8 Å². The van der Waals surface area contributed by atoms with Crippen LogP contribution in [0, 0.1) is 5.92 Å². The Labute approximate surface area is 340 Å². The summed E-state index contributed by atoms with van der Waals surface area (Å²) in [6.45, 7) is 7.59. The number of pyridine rings is 1. The summed E-state index contributed by atoms with van der Waals surface area (Å²) in [5.41, 5.74) is -0.745. The molecule has 0 bridgehead atoms. The van der Waals surface area contributed by atoms with Gasteiger partial charge >= 0.3 is 6.09 Å². The largest absolute Gasteiger partial charge is 0.497 e. The van der Waals surface area contributed by atoms with Gasteiger partial charge in [0.1, 0.15) is 34.7 Å². The lowest BCUT2D eigenvalue weighted by Crippen LogP contribution is -2.63. The average molecular weight is 820 g/mol. The minimum absolute atomic E-state index is 0.0173. The van der Waals surface area contributed by atoms with Gasteiger partial charge in [0.05, 0.1) is 29.6 Å². The molecule has 3 saturated carbocycles. The van der Waals surface area contributed by atoms with Crippen LogP contribution in [0.3, 0.4) is 0 Å². The molecule has 1 spiro atoms.